The van der Waals surface area contributed by atoms with Crippen molar-refractivity contribution >= 4 is 27.6 Å². The molecule has 25 heavy (non-hydrogen) atoms. The van der Waals surface area contributed by atoms with Crippen LogP contribution < -0.4 is 4.84 Å². The van der Waals surface area contributed by atoms with Gasteiger partial charge in [-0.25, -0.2) is 9.78 Å². The van der Waals surface area contributed by atoms with Crippen LogP contribution in [-0.4, -0.2) is 31.1 Å². The summed E-state index contributed by atoms with van der Waals surface area (Å²) in [4.78, 5) is 20.9. The zero-order valence-corrected chi connectivity index (χ0v) is 15.6. The van der Waals surface area contributed by atoms with E-state index in [4.69, 9.17) is 4.84 Å². The SMILES string of the molecule is CC(CCCCCC(=O)On1c(O)ccc1O)SSc1ccccn1. The van der Waals surface area contributed by atoms with Crippen LogP contribution >= 0.6 is 21.6 Å². The third-order valence-electron chi connectivity index (χ3n) is 3.42. The average Bonchev–Trinajstić information content (AvgIpc) is 2.92. The predicted octanol–water partition coefficient (Wildman–Crippen LogP) is 4.03. The Morgan fingerprint density at radius 3 is 2.64 bits per heavy atom. The first-order chi connectivity index (χ1) is 12.1. The fourth-order valence-corrected chi connectivity index (χ4v) is 4.23. The molecule has 0 radical (unpaired) electrons. The minimum absolute atomic E-state index is 0.251. The molecule has 1 atom stereocenters. The van der Waals surface area contributed by atoms with Gasteiger partial charge >= 0.3 is 5.97 Å². The summed E-state index contributed by atoms with van der Waals surface area (Å²) in [6.07, 6.45) is 5.79. The van der Waals surface area contributed by atoms with Crippen molar-refractivity contribution in [3.63, 3.8) is 0 Å². The van der Waals surface area contributed by atoms with Gasteiger partial charge in [-0.1, -0.05) is 36.6 Å². The molecule has 0 aromatic carbocycles. The second-order valence-electron chi connectivity index (χ2n) is 5.56. The van der Waals surface area contributed by atoms with Gasteiger partial charge in [0.2, 0.25) is 11.8 Å². The Kier molecular flexibility index (Phi) is 8.00. The lowest BCUT2D eigenvalue weighted by atomic mass is 10.1. The molecule has 2 heterocycles. The van der Waals surface area contributed by atoms with Crippen LogP contribution in [0.2, 0.25) is 0 Å². The zero-order valence-electron chi connectivity index (χ0n) is 14.0. The maximum atomic E-state index is 11.7. The second-order valence-corrected chi connectivity index (χ2v) is 8.22. The summed E-state index contributed by atoms with van der Waals surface area (Å²) in [7, 11) is 3.49. The summed E-state index contributed by atoms with van der Waals surface area (Å²) in [5, 5.41) is 20.3. The summed E-state index contributed by atoms with van der Waals surface area (Å²) in [6.45, 7) is 2.19. The normalized spacial score (nSPS) is 12.0. The second kappa shape index (κ2) is 10.2. The van der Waals surface area contributed by atoms with E-state index in [1.54, 1.807) is 27.8 Å². The van der Waals surface area contributed by atoms with Crippen LogP contribution in [0.4, 0.5) is 0 Å². The van der Waals surface area contributed by atoms with E-state index < -0.39 is 5.97 Å². The van der Waals surface area contributed by atoms with E-state index in [1.165, 1.54) is 12.1 Å². The van der Waals surface area contributed by atoms with Gasteiger partial charge in [0.05, 0.1) is 0 Å². The van der Waals surface area contributed by atoms with E-state index in [0.717, 1.165) is 29.0 Å². The highest BCUT2D eigenvalue weighted by atomic mass is 33.1. The Morgan fingerprint density at radius 1 is 1.20 bits per heavy atom. The van der Waals surface area contributed by atoms with Crippen molar-refractivity contribution in [2.24, 2.45) is 0 Å². The van der Waals surface area contributed by atoms with E-state index in [0.29, 0.717) is 11.7 Å². The third kappa shape index (κ3) is 6.91. The molecular weight excluding hydrogens is 360 g/mol. The predicted molar refractivity (Wildman–Crippen MR) is 99.6 cm³/mol. The molecule has 136 valence electrons. The highest BCUT2D eigenvalue weighted by Gasteiger charge is 2.12. The van der Waals surface area contributed by atoms with Crippen molar-refractivity contribution in [2.75, 3.05) is 0 Å². The van der Waals surface area contributed by atoms with Gasteiger partial charge in [-0.3, -0.25) is 0 Å². The molecule has 2 rings (SSSR count). The monoisotopic (exact) mass is 382 g/mol. The molecule has 0 bridgehead atoms. The Hall–Kier alpha value is -1.80. The minimum Gasteiger partial charge on any atom is -0.492 e. The Balaban J connectivity index is 1.54. The summed E-state index contributed by atoms with van der Waals surface area (Å²) in [6, 6.07) is 8.39. The fraction of sp³-hybridized carbons (Fsp3) is 0.412. The van der Waals surface area contributed by atoms with Crippen molar-refractivity contribution in [1.82, 2.24) is 9.71 Å². The summed E-state index contributed by atoms with van der Waals surface area (Å²) in [5.74, 6) is -1.08. The fourth-order valence-electron chi connectivity index (χ4n) is 2.10. The van der Waals surface area contributed by atoms with Crippen LogP contribution in [0.15, 0.2) is 41.6 Å². The number of aromatic nitrogens is 2. The number of hydrogen-bond donors (Lipinski definition) is 2. The molecule has 0 aliphatic rings. The van der Waals surface area contributed by atoms with Crippen molar-refractivity contribution in [3.8, 4) is 11.8 Å². The standard InChI is InChI=1S/C17H22N2O4S2/c1-13(24-25-14-8-5-6-12-18-14)7-3-2-4-9-17(22)23-19-15(20)10-11-16(19)21/h5-6,8,10-13,20-21H,2-4,7,9H2,1H3. The molecule has 0 spiro atoms. The Labute approximate surface area is 155 Å². The first kappa shape index (κ1) is 19.5. The quantitative estimate of drug-likeness (QED) is 0.474. The van der Waals surface area contributed by atoms with Crippen molar-refractivity contribution in [2.45, 2.75) is 49.3 Å². The van der Waals surface area contributed by atoms with E-state index in [1.807, 2.05) is 18.2 Å². The molecule has 0 aliphatic carbocycles. The number of rotatable bonds is 10. The highest BCUT2D eigenvalue weighted by Crippen LogP contribution is 2.34. The van der Waals surface area contributed by atoms with Crippen LogP contribution in [0, 0.1) is 0 Å². The molecule has 0 aliphatic heterocycles. The topological polar surface area (TPSA) is 84.6 Å². The average molecular weight is 383 g/mol. The molecular formula is C17H22N2O4S2. The van der Waals surface area contributed by atoms with Gasteiger partial charge < -0.3 is 15.1 Å². The largest absolute Gasteiger partial charge is 0.492 e. The van der Waals surface area contributed by atoms with Gasteiger partial charge in [-0.05, 0) is 35.8 Å². The lowest BCUT2D eigenvalue weighted by molar-refractivity contribution is -0.145. The molecule has 0 fully saturated rings. The Morgan fingerprint density at radius 2 is 1.96 bits per heavy atom. The molecule has 6 nitrogen and oxygen atoms in total. The first-order valence-corrected chi connectivity index (χ1v) is 10.3. The van der Waals surface area contributed by atoms with E-state index in [9.17, 15) is 15.0 Å². The van der Waals surface area contributed by atoms with Crippen molar-refractivity contribution < 1.29 is 19.8 Å². The van der Waals surface area contributed by atoms with Gasteiger partial charge in [0.15, 0.2) is 0 Å². The van der Waals surface area contributed by atoms with Crippen LogP contribution in [-0.2, 0) is 4.79 Å². The number of unbranched alkanes of at least 4 members (excludes halogenated alkanes) is 2. The van der Waals surface area contributed by atoms with Crippen molar-refractivity contribution in [3.05, 3.63) is 36.5 Å². The molecule has 8 heteroatoms. The molecule has 0 saturated heterocycles. The number of nitrogens with zero attached hydrogens (tertiary/aromatic N) is 2. The van der Waals surface area contributed by atoms with Crippen LogP contribution in [0.5, 0.6) is 11.8 Å². The Bertz CT molecular complexity index is 644. The van der Waals surface area contributed by atoms with E-state index in [-0.39, 0.29) is 18.2 Å². The van der Waals surface area contributed by atoms with Crippen LogP contribution in [0.3, 0.4) is 0 Å². The highest BCUT2D eigenvalue weighted by molar-refractivity contribution is 8.76. The van der Waals surface area contributed by atoms with E-state index in [2.05, 4.69) is 11.9 Å². The molecule has 1 unspecified atom stereocenters. The number of hydrogen-bond acceptors (Lipinski definition) is 7. The van der Waals surface area contributed by atoms with Gasteiger partial charge in [0, 0.05) is 30.0 Å². The van der Waals surface area contributed by atoms with Gasteiger partial charge in [-0.15, -0.1) is 4.73 Å². The smallest absolute Gasteiger partial charge is 0.333 e. The maximum absolute atomic E-state index is 11.7. The third-order valence-corrected chi connectivity index (χ3v) is 6.28. The minimum atomic E-state index is -0.477. The summed E-state index contributed by atoms with van der Waals surface area (Å²) >= 11 is 0. The molecule has 0 amide bonds. The zero-order chi connectivity index (χ0) is 18.1. The van der Waals surface area contributed by atoms with E-state index >= 15 is 0 Å². The van der Waals surface area contributed by atoms with Crippen LogP contribution in [0.25, 0.3) is 0 Å². The van der Waals surface area contributed by atoms with Crippen LogP contribution in [0.1, 0.15) is 39.0 Å². The van der Waals surface area contributed by atoms with Gasteiger partial charge in [0.25, 0.3) is 0 Å². The molecule has 0 saturated carbocycles. The lowest BCUT2D eigenvalue weighted by Crippen LogP contribution is -2.18. The first-order valence-electron chi connectivity index (χ1n) is 8.11. The number of carbonyl (C=O) groups excluding carboxylic acids is 1. The number of carbonyl (C=O) groups is 1. The summed E-state index contributed by atoms with van der Waals surface area (Å²) < 4.78 is 0.718. The van der Waals surface area contributed by atoms with Gasteiger partial charge in [-0.2, -0.15) is 0 Å². The maximum Gasteiger partial charge on any atom is 0.333 e. The number of pyridine rings is 1. The number of aromatic hydroxyl groups is 2. The molecule has 2 aromatic heterocycles. The lowest BCUT2D eigenvalue weighted by Gasteiger charge is -2.10. The molecule has 2 N–H and O–H groups in total. The van der Waals surface area contributed by atoms with Gasteiger partial charge in [0.1, 0.15) is 5.03 Å². The summed E-state index contributed by atoms with van der Waals surface area (Å²) in [5.41, 5.74) is 0. The molecule has 2 aromatic rings. The van der Waals surface area contributed by atoms with Crippen molar-refractivity contribution in [1.29, 1.82) is 0 Å².